The third-order valence-corrected chi connectivity index (χ3v) is 6.31. The van der Waals surface area contributed by atoms with Gasteiger partial charge >= 0.3 is 0 Å². The van der Waals surface area contributed by atoms with Crippen molar-refractivity contribution < 1.29 is 14.3 Å². The van der Waals surface area contributed by atoms with E-state index in [9.17, 15) is 9.59 Å². The molecule has 2 fully saturated rings. The second-order valence-corrected chi connectivity index (χ2v) is 8.63. The number of benzene rings is 2. The minimum absolute atomic E-state index is 0.114. The number of rotatable bonds is 9. The Kier molecular flexibility index (Phi) is 7.92. The normalized spacial score (nSPS) is 20.2. The van der Waals surface area contributed by atoms with Gasteiger partial charge in [0.1, 0.15) is 5.75 Å². The monoisotopic (exact) mass is 447 g/mol. The lowest BCUT2D eigenvalue weighted by atomic mass is 10.1. The van der Waals surface area contributed by atoms with Crippen molar-refractivity contribution >= 4 is 23.6 Å². The lowest BCUT2D eigenvalue weighted by Gasteiger charge is -2.36. The van der Waals surface area contributed by atoms with E-state index in [4.69, 9.17) is 4.74 Å². The minimum Gasteiger partial charge on any atom is -0.494 e. The molecule has 0 bridgehead atoms. The first-order chi connectivity index (χ1) is 16.2. The fraction of sp³-hybridized carbons (Fsp3) is 0.407. The number of imide groups is 1. The van der Waals surface area contributed by atoms with Gasteiger partial charge in [-0.05, 0) is 36.2 Å². The summed E-state index contributed by atoms with van der Waals surface area (Å²) in [5.74, 6) is 0.523. The summed E-state index contributed by atoms with van der Waals surface area (Å²) in [6.45, 7) is 7.05. The van der Waals surface area contributed by atoms with Crippen molar-refractivity contribution in [1.82, 2.24) is 9.80 Å². The zero-order chi connectivity index (χ0) is 23.0. The average molecular weight is 448 g/mol. The third-order valence-electron chi connectivity index (χ3n) is 6.31. The first kappa shape index (κ1) is 23.2. The van der Waals surface area contributed by atoms with E-state index in [1.54, 1.807) is 12.1 Å². The number of nitrogens with zero attached hydrogens (tertiary/aromatic N) is 3. The van der Waals surface area contributed by atoms with Crippen LogP contribution in [-0.4, -0.2) is 67.0 Å². The van der Waals surface area contributed by atoms with Crippen molar-refractivity contribution in [3.63, 3.8) is 0 Å². The maximum absolute atomic E-state index is 13.1. The molecule has 0 N–H and O–H groups in total. The molecule has 1 atom stereocenters. The molecule has 174 valence electrons. The number of unbranched alkanes of at least 4 members (excludes halogenated alkanes) is 1. The Morgan fingerprint density at radius 1 is 0.970 bits per heavy atom. The SMILES string of the molecule is CCCCOc1ccc(N2C(=O)CC(N3CCN(CC=Cc4ccccc4)CC3)C2=O)cc1. The second-order valence-electron chi connectivity index (χ2n) is 8.63. The van der Waals surface area contributed by atoms with Crippen LogP contribution in [0.1, 0.15) is 31.7 Å². The van der Waals surface area contributed by atoms with E-state index in [0.29, 0.717) is 12.3 Å². The molecule has 2 aliphatic heterocycles. The molecule has 0 aromatic heterocycles. The summed E-state index contributed by atoms with van der Waals surface area (Å²) in [5.41, 5.74) is 1.83. The van der Waals surface area contributed by atoms with Crippen LogP contribution < -0.4 is 9.64 Å². The number of piperazine rings is 1. The van der Waals surface area contributed by atoms with E-state index in [1.165, 1.54) is 10.5 Å². The quantitative estimate of drug-likeness (QED) is 0.432. The molecule has 0 radical (unpaired) electrons. The van der Waals surface area contributed by atoms with Crippen LogP contribution in [0.5, 0.6) is 5.75 Å². The van der Waals surface area contributed by atoms with Gasteiger partial charge < -0.3 is 4.74 Å². The van der Waals surface area contributed by atoms with Crippen LogP contribution in [0, 0.1) is 0 Å². The van der Waals surface area contributed by atoms with E-state index in [0.717, 1.165) is 51.3 Å². The van der Waals surface area contributed by atoms with Crippen molar-refractivity contribution in [1.29, 1.82) is 0 Å². The highest BCUT2D eigenvalue weighted by atomic mass is 16.5. The number of anilines is 1. The summed E-state index contributed by atoms with van der Waals surface area (Å²) in [6, 6.07) is 17.2. The van der Waals surface area contributed by atoms with Gasteiger partial charge in [-0.15, -0.1) is 0 Å². The van der Waals surface area contributed by atoms with E-state index < -0.39 is 0 Å². The van der Waals surface area contributed by atoms with Crippen LogP contribution in [0.2, 0.25) is 0 Å². The number of amides is 2. The summed E-state index contributed by atoms with van der Waals surface area (Å²) in [7, 11) is 0. The molecule has 2 amide bonds. The molecular formula is C27H33N3O3. The van der Waals surface area contributed by atoms with Gasteiger partial charge in [0.2, 0.25) is 5.91 Å². The largest absolute Gasteiger partial charge is 0.494 e. The molecule has 6 heteroatoms. The highest BCUT2D eigenvalue weighted by Gasteiger charge is 2.43. The van der Waals surface area contributed by atoms with Crippen molar-refractivity contribution in [2.24, 2.45) is 0 Å². The molecule has 2 aromatic rings. The lowest BCUT2D eigenvalue weighted by Crippen LogP contribution is -2.52. The molecule has 4 rings (SSSR count). The summed E-state index contributed by atoms with van der Waals surface area (Å²) < 4.78 is 5.69. The van der Waals surface area contributed by atoms with Gasteiger partial charge in [-0.25, -0.2) is 4.90 Å². The molecule has 6 nitrogen and oxygen atoms in total. The van der Waals surface area contributed by atoms with Gasteiger partial charge in [0.15, 0.2) is 0 Å². The molecule has 0 spiro atoms. The standard InChI is InChI=1S/C27H33N3O3/c1-2-3-20-33-24-13-11-23(12-14-24)30-26(31)21-25(27(30)32)29-18-16-28(17-19-29)15-7-10-22-8-5-4-6-9-22/h4-14,25H,2-3,15-21H2,1H3. The Morgan fingerprint density at radius 2 is 1.70 bits per heavy atom. The number of carbonyl (C=O) groups excluding carboxylic acids is 2. The number of hydrogen-bond donors (Lipinski definition) is 0. The zero-order valence-electron chi connectivity index (χ0n) is 19.4. The summed E-state index contributed by atoms with van der Waals surface area (Å²) in [6.07, 6.45) is 6.66. The first-order valence-electron chi connectivity index (χ1n) is 11.9. The summed E-state index contributed by atoms with van der Waals surface area (Å²) in [5, 5.41) is 0. The Labute approximate surface area is 196 Å². The smallest absolute Gasteiger partial charge is 0.251 e. The highest BCUT2D eigenvalue weighted by molar-refractivity contribution is 6.22. The number of hydrogen-bond acceptors (Lipinski definition) is 5. The zero-order valence-corrected chi connectivity index (χ0v) is 19.4. The van der Waals surface area contributed by atoms with Gasteiger partial charge in [0.05, 0.1) is 24.8 Å². The number of carbonyl (C=O) groups is 2. The van der Waals surface area contributed by atoms with Gasteiger partial charge in [-0.2, -0.15) is 0 Å². The Bertz CT molecular complexity index is 950. The maximum Gasteiger partial charge on any atom is 0.251 e. The molecule has 2 saturated heterocycles. The number of ether oxygens (including phenoxy) is 1. The van der Waals surface area contributed by atoms with E-state index in [2.05, 4.69) is 41.0 Å². The Hall–Kier alpha value is -2.96. The predicted octanol–water partition coefficient (Wildman–Crippen LogP) is 3.83. The van der Waals surface area contributed by atoms with Gasteiger partial charge in [-0.1, -0.05) is 55.8 Å². The van der Waals surface area contributed by atoms with Crippen LogP contribution in [0.3, 0.4) is 0 Å². The summed E-state index contributed by atoms with van der Waals surface area (Å²) in [4.78, 5) is 31.7. The maximum atomic E-state index is 13.1. The first-order valence-corrected chi connectivity index (χ1v) is 11.9. The Balaban J connectivity index is 1.29. The van der Waals surface area contributed by atoms with Crippen LogP contribution in [0.25, 0.3) is 6.08 Å². The van der Waals surface area contributed by atoms with E-state index in [-0.39, 0.29) is 24.3 Å². The molecule has 1 unspecified atom stereocenters. The highest BCUT2D eigenvalue weighted by Crippen LogP contribution is 2.28. The van der Waals surface area contributed by atoms with Crippen molar-refractivity contribution in [2.75, 3.05) is 44.2 Å². The van der Waals surface area contributed by atoms with Crippen molar-refractivity contribution in [3.05, 3.63) is 66.2 Å². The predicted molar refractivity (Wildman–Crippen MR) is 131 cm³/mol. The van der Waals surface area contributed by atoms with Crippen molar-refractivity contribution in [3.8, 4) is 5.75 Å². The third kappa shape index (κ3) is 5.89. The molecular weight excluding hydrogens is 414 g/mol. The van der Waals surface area contributed by atoms with E-state index >= 15 is 0 Å². The molecule has 2 aliphatic rings. The topological polar surface area (TPSA) is 53.1 Å². The molecule has 0 saturated carbocycles. The molecule has 2 heterocycles. The molecule has 2 aromatic carbocycles. The fourth-order valence-electron chi connectivity index (χ4n) is 4.36. The second kappa shape index (κ2) is 11.3. The van der Waals surface area contributed by atoms with Gasteiger partial charge in [0.25, 0.3) is 5.91 Å². The van der Waals surface area contributed by atoms with Crippen LogP contribution in [0.4, 0.5) is 5.69 Å². The van der Waals surface area contributed by atoms with Crippen LogP contribution in [0.15, 0.2) is 60.7 Å². The van der Waals surface area contributed by atoms with E-state index in [1.807, 2.05) is 30.3 Å². The van der Waals surface area contributed by atoms with Gasteiger partial charge in [-0.3, -0.25) is 19.4 Å². The molecule has 0 aliphatic carbocycles. The molecule has 33 heavy (non-hydrogen) atoms. The minimum atomic E-state index is -0.361. The van der Waals surface area contributed by atoms with Crippen molar-refractivity contribution in [2.45, 2.75) is 32.2 Å². The average Bonchev–Trinajstić information content (AvgIpc) is 3.14. The lowest BCUT2D eigenvalue weighted by molar-refractivity contribution is -0.123. The van der Waals surface area contributed by atoms with Crippen LogP contribution >= 0.6 is 0 Å². The Morgan fingerprint density at radius 3 is 2.39 bits per heavy atom. The fourth-order valence-corrected chi connectivity index (χ4v) is 4.36. The van der Waals surface area contributed by atoms with Crippen LogP contribution in [-0.2, 0) is 9.59 Å². The van der Waals surface area contributed by atoms with Gasteiger partial charge in [0, 0.05) is 32.7 Å². The summed E-state index contributed by atoms with van der Waals surface area (Å²) >= 11 is 0.